The van der Waals surface area contributed by atoms with Crippen LogP contribution >= 0.6 is 11.3 Å². The third kappa shape index (κ3) is 5.45. The minimum Gasteiger partial charge on any atom is -0.406 e. The van der Waals surface area contributed by atoms with E-state index in [0.29, 0.717) is 34.2 Å². The standard InChI is InChI=1S/C21H20F3N3O3S/c1-13-4-2-5-14(10-13)25-19(28)27(12-16-6-3-9-29-16)20-26-17-8-7-15(11-18(17)31-20)30-21(22,23)24/h2,4-5,7-8,10-11,16H,3,6,9,12H2,1H3,(H,25,28). The van der Waals surface area contributed by atoms with Gasteiger partial charge in [-0.15, -0.1) is 13.2 Å². The number of aromatic nitrogens is 1. The highest BCUT2D eigenvalue weighted by molar-refractivity contribution is 7.22. The largest absolute Gasteiger partial charge is 0.573 e. The highest BCUT2D eigenvalue weighted by Crippen LogP contribution is 2.34. The summed E-state index contributed by atoms with van der Waals surface area (Å²) in [5.41, 5.74) is 2.13. The molecule has 2 aromatic carbocycles. The predicted octanol–water partition coefficient (Wildman–Crippen LogP) is 5.72. The van der Waals surface area contributed by atoms with E-state index < -0.39 is 6.36 Å². The van der Waals surface area contributed by atoms with Crippen LogP contribution in [0.3, 0.4) is 0 Å². The number of benzene rings is 2. The molecule has 6 nitrogen and oxygen atoms in total. The minimum absolute atomic E-state index is 0.126. The number of halogens is 3. The molecule has 31 heavy (non-hydrogen) atoms. The summed E-state index contributed by atoms with van der Waals surface area (Å²) in [7, 11) is 0. The molecule has 3 aromatic rings. The van der Waals surface area contributed by atoms with Crippen molar-refractivity contribution >= 4 is 38.4 Å². The first-order chi connectivity index (χ1) is 14.8. The molecule has 1 aliphatic heterocycles. The molecule has 1 atom stereocenters. The number of rotatable bonds is 5. The molecule has 0 radical (unpaired) electrons. The van der Waals surface area contributed by atoms with E-state index in [-0.39, 0.29) is 17.9 Å². The average molecular weight is 451 g/mol. The first kappa shape index (κ1) is 21.4. The van der Waals surface area contributed by atoms with Gasteiger partial charge in [-0.05, 0) is 49.6 Å². The number of thiazole rings is 1. The number of nitrogens with one attached hydrogen (secondary N) is 1. The predicted molar refractivity (Wildman–Crippen MR) is 113 cm³/mol. The molecule has 1 aliphatic rings. The van der Waals surface area contributed by atoms with Crippen molar-refractivity contribution in [3.8, 4) is 5.75 Å². The summed E-state index contributed by atoms with van der Waals surface area (Å²) < 4.78 is 47.8. The Kier molecular flexibility index (Phi) is 6.01. The Bertz CT molecular complexity index is 1080. The number of anilines is 2. The molecule has 1 unspecified atom stereocenters. The van der Waals surface area contributed by atoms with Gasteiger partial charge in [-0.1, -0.05) is 23.5 Å². The summed E-state index contributed by atoms with van der Waals surface area (Å²) in [6.07, 6.45) is -3.17. The van der Waals surface area contributed by atoms with Crippen molar-refractivity contribution in [2.24, 2.45) is 0 Å². The lowest BCUT2D eigenvalue weighted by Crippen LogP contribution is -2.40. The molecule has 10 heteroatoms. The molecule has 1 aromatic heterocycles. The van der Waals surface area contributed by atoms with Crippen molar-refractivity contribution in [1.82, 2.24) is 4.98 Å². The molecule has 4 rings (SSSR count). The highest BCUT2D eigenvalue weighted by atomic mass is 32.1. The molecule has 0 bridgehead atoms. The molecular weight excluding hydrogens is 431 g/mol. The van der Waals surface area contributed by atoms with Crippen molar-refractivity contribution in [2.75, 3.05) is 23.4 Å². The molecule has 1 fully saturated rings. The maximum Gasteiger partial charge on any atom is 0.573 e. The van der Waals surface area contributed by atoms with E-state index in [9.17, 15) is 18.0 Å². The summed E-state index contributed by atoms with van der Waals surface area (Å²) in [6.45, 7) is 2.85. The number of amides is 2. The molecule has 1 saturated heterocycles. The van der Waals surface area contributed by atoms with Crippen LogP contribution in [-0.4, -0.2) is 36.6 Å². The van der Waals surface area contributed by atoms with Gasteiger partial charge in [0, 0.05) is 18.4 Å². The van der Waals surface area contributed by atoms with Crippen LogP contribution in [-0.2, 0) is 4.74 Å². The molecule has 2 heterocycles. The van der Waals surface area contributed by atoms with E-state index >= 15 is 0 Å². The summed E-state index contributed by atoms with van der Waals surface area (Å²) in [4.78, 5) is 19.0. The van der Waals surface area contributed by atoms with E-state index in [2.05, 4.69) is 15.0 Å². The number of carbonyl (C=O) groups excluding carboxylic acids is 1. The molecule has 164 valence electrons. The Labute approximate surface area is 180 Å². The van der Waals surface area contributed by atoms with Crippen LogP contribution in [0.2, 0.25) is 0 Å². The number of carbonyl (C=O) groups is 1. The quantitative estimate of drug-likeness (QED) is 0.539. The number of hydrogen-bond acceptors (Lipinski definition) is 5. The van der Waals surface area contributed by atoms with Gasteiger partial charge < -0.3 is 14.8 Å². The van der Waals surface area contributed by atoms with Gasteiger partial charge in [0.1, 0.15) is 5.75 Å². The van der Waals surface area contributed by atoms with E-state index in [1.165, 1.54) is 23.1 Å². The Morgan fingerprint density at radius 2 is 2.16 bits per heavy atom. The molecule has 1 N–H and O–H groups in total. The van der Waals surface area contributed by atoms with Crippen molar-refractivity contribution in [3.05, 3.63) is 48.0 Å². The van der Waals surface area contributed by atoms with Crippen LogP contribution < -0.4 is 15.0 Å². The van der Waals surface area contributed by atoms with Crippen molar-refractivity contribution in [3.63, 3.8) is 0 Å². The smallest absolute Gasteiger partial charge is 0.406 e. The molecule has 0 spiro atoms. The third-order valence-corrected chi connectivity index (χ3v) is 5.78. The van der Waals surface area contributed by atoms with Crippen LogP contribution in [0.25, 0.3) is 10.2 Å². The SMILES string of the molecule is Cc1cccc(NC(=O)N(CC2CCCO2)c2nc3ccc(OC(F)(F)F)cc3s2)c1. The normalized spacial score (nSPS) is 16.5. The van der Waals surface area contributed by atoms with Gasteiger partial charge in [-0.25, -0.2) is 9.78 Å². The number of fused-ring (bicyclic) bond motifs is 1. The van der Waals surface area contributed by atoms with Crippen molar-refractivity contribution in [2.45, 2.75) is 32.2 Å². The van der Waals surface area contributed by atoms with Crippen molar-refractivity contribution < 1.29 is 27.4 Å². The number of nitrogens with zero attached hydrogens (tertiary/aromatic N) is 2. The summed E-state index contributed by atoms with van der Waals surface area (Å²) >= 11 is 1.12. The lowest BCUT2D eigenvalue weighted by molar-refractivity contribution is -0.274. The fraction of sp³-hybridized carbons (Fsp3) is 0.333. The zero-order chi connectivity index (χ0) is 22.0. The second kappa shape index (κ2) is 8.72. The number of ether oxygens (including phenoxy) is 2. The monoisotopic (exact) mass is 451 g/mol. The summed E-state index contributed by atoms with van der Waals surface area (Å²) in [5.74, 6) is -0.329. The zero-order valence-corrected chi connectivity index (χ0v) is 17.4. The van der Waals surface area contributed by atoms with Crippen molar-refractivity contribution in [1.29, 1.82) is 0 Å². The summed E-state index contributed by atoms with van der Waals surface area (Å²) in [6, 6.07) is 10.9. The van der Waals surface area contributed by atoms with Crippen LogP contribution in [0.4, 0.5) is 28.8 Å². The molecular formula is C21H20F3N3O3S. The van der Waals surface area contributed by atoms with E-state index in [0.717, 1.165) is 29.7 Å². The van der Waals surface area contributed by atoms with Gasteiger partial charge >= 0.3 is 12.4 Å². The fourth-order valence-corrected chi connectivity index (χ4v) is 4.36. The molecule has 2 amide bonds. The van der Waals surface area contributed by atoms with Gasteiger partial charge in [0.15, 0.2) is 5.13 Å². The second-order valence-corrected chi connectivity index (χ2v) is 8.23. The van der Waals surface area contributed by atoms with E-state index in [1.807, 2.05) is 25.1 Å². The second-order valence-electron chi connectivity index (χ2n) is 7.22. The van der Waals surface area contributed by atoms with Gasteiger partial charge in [-0.2, -0.15) is 0 Å². The van der Waals surface area contributed by atoms with Crippen LogP contribution in [0.5, 0.6) is 5.75 Å². The topological polar surface area (TPSA) is 63.7 Å². The lowest BCUT2D eigenvalue weighted by atomic mass is 10.2. The Balaban J connectivity index is 1.62. The maximum absolute atomic E-state index is 13.1. The van der Waals surface area contributed by atoms with Gasteiger partial charge in [0.25, 0.3) is 0 Å². The number of urea groups is 1. The Morgan fingerprint density at radius 3 is 2.87 bits per heavy atom. The zero-order valence-electron chi connectivity index (χ0n) is 16.6. The van der Waals surface area contributed by atoms with Crippen LogP contribution in [0.15, 0.2) is 42.5 Å². The Morgan fingerprint density at radius 1 is 1.32 bits per heavy atom. The van der Waals surface area contributed by atoms with Gasteiger partial charge in [-0.3, -0.25) is 4.90 Å². The Hall–Kier alpha value is -2.85. The first-order valence-corrected chi connectivity index (χ1v) is 10.5. The summed E-state index contributed by atoms with van der Waals surface area (Å²) in [5, 5.41) is 3.24. The van der Waals surface area contributed by atoms with E-state index in [4.69, 9.17) is 4.74 Å². The number of aryl methyl sites for hydroxylation is 1. The average Bonchev–Trinajstić information content (AvgIpc) is 3.33. The maximum atomic E-state index is 13.1. The van der Waals surface area contributed by atoms with E-state index in [1.54, 1.807) is 6.07 Å². The fourth-order valence-electron chi connectivity index (χ4n) is 3.36. The minimum atomic E-state index is -4.78. The third-order valence-electron chi connectivity index (χ3n) is 4.74. The molecule has 0 saturated carbocycles. The van der Waals surface area contributed by atoms with Crippen LogP contribution in [0, 0.1) is 6.92 Å². The number of alkyl halides is 3. The molecule has 0 aliphatic carbocycles. The van der Waals surface area contributed by atoms with Gasteiger partial charge in [0.05, 0.1) is 22.9 Å². The first-order valence-electron chi connectivity index (χ1n) is 9.70. The lowest BCUT2D eigenvalue weighted by Gasteiger charge is -2.23. The van der Waals surface area contributed by atoms with Gasteiger partial charge in [0.2, 0.25) is 0 Å². The highest BCUT2D eigenvalue weighted by Gasteiger charge is 2.31. The van der Waals surface area contributed by atoms with Crippen LogP contribution in [0.1, 0.15) is 18.4 Å². The number of hydrogen-bond donors (Lipinski definition) is 1.